The molecule has 1 aliphatic heterocycles. The van der Waals surface area contributed by atoms with Crippen molar-refractivity contribution in [3.05, 3.63) is 5.69 Å². The highest BCUT2D eigenvalue weighted by Crippen LogP contribution is 2.24. The number of nitrogen functional groups attached to an aromatic ring is 1. The Kier molecular flexibility index (Phi) is 4.69. The molecule has 1 fully saturated rings. The highest BCUT2D eigenvalue weighted by atomic mass is 15.3. The molecule has 0 radical (unpaired) electrons. The van der Waals surface area contributed by atoms with Crippen LogP contribution in [-0.4, -0.2) is 41.4 Å². The number of hydrogen-bond acceptors (Lipinski definition) is 4. The Balaban J connectivity index is 1.95. The average Bonchev–Trinajstić information content (AvgIpc) is 2.65. The van der Waals surface area contributed by atoms with E-state index in [0.717, 1.165) is 42.6 Å². The molecule has 0 aliphatic carbocycles. The highest BCUT2D eigenvalue weighted by Gasteiger charge is 2.18. The maximum Gasteiger partial charge on any atom is 0.148 e. The third kappa shape index (κ3) is 3.41. The molecule has 3 N–H and O–H groups in total. The summed E-state index contributed by atoms with van der Waals surface area (Å²) in [5, 5.41) is 8.03. The summed E-state index contributed by atoms with van der Waals surface area (Å²) in [4.78, 5) is 2.40. The van der Waals surface area contributed by atoms with Crippen LogP contribution in [0.4, 0.5) is 11.5 Å². The minimum Gasteiger partial charge on any atom is -0.394 e. The number of likely N-dealkylation sites (tertiary alicyclic amines) is 1. The van der Waals surface area contributed by atoms with Gasteiger partial charge < -0.3 is 16.0 Å². The van der Waals surface area contributed by atoms with Gasteiger partial charge in [-0.3, -0.25) is 0 Å². The molecule has 1 aromatic heterocycles. The lowest BCUT2D eigenvalue weighted by atomic mass is 9.97. The predicted molar refractivity (Wildman–Crippen MR) is 80.4 cm³/mol. The number of anilines is 2. The molecule has 0 amide bonds. The first kappa shape index (κ1) is 14.2. The molecule has 5 heteroatoms. The molecule has 1 saturated heterocycles. The van der Waals surface area contributed by atoms with E-state index in [1.165, 1.54) is 25.9 Å². The lowest BCUT2D eigenvalue weighted by molar-refractivity contribution is 0.226. The summed E-state index contributed by atoms with van der Waals surface area (Å²) in [5.41, 5.74) is 7.85. The van der Waals surface area contributed by atoms with Crippen LogP contribution in [0.25, 0.3) is 0 Å². The van der Waals surface area contributed by atoms with E-state index in [4.69, 9.17) is 5.73 Å². The summed E-state index contributed by atoms with van der Waals surface area (Å²) in [6.45, 7) is 8.47. The molecule has 19 heavy (non-hydrogen) atoms. The molecule has 108 valence electrons. The van der Waals surface area contributed by atoms with Gasteiger partial charge in [0, 0.05) is 13.1 Å². The van der Waals surface area contributed by atoms with Crippen molar-refractivity contribution in [3.8, 4) is 0 Å². The van der Waals surface area contributed by atoms with Gasteiger partial charge >= 0.3 is 0 Å². The molecule has 1 aromatic rings. The second-order valence-electron chi connectivity index (χ2n) is 5.70. The van der Waals surface area contributed by atoms with Gasteiger partial charge in [0.2, 0.25) is 0 Å². The lowest BCUT2D eigenvalue weighted by Crippen LogP contribution is -2.33. The molecule has 2 rings (SSSR count). The van der Waals surface area contributed by atoms with Gasteiger partial charge in [-0.05, 0) is 52.2 Å². The van der Waals surface area contributed by atoms with Crippen molar-refractivity contribution in [1.29, 1.82) is 0 Å². The second kappa shape index (κ2) is 6.28. The lowest BCUT2D eigenvalue weighted by Gasteiger charge is -2.29. The van der Waals surface area contributed by atoms with Crippen molar-refractivity contribution in [1.82, 2.24) is 14.7 Å². The number of piperidine rings is 1. The fourth-order valence-electron chi connectivity index (χ4n) is 2.66. The SMILES string of the molecule is CCCn1nc(C)c(N)c1NCC1CCN(C)CC1. The van der Waals surface area contributed by atoms with E-state index in [-0.39, 0.29) is 0 Å². The topological polar surface area (TPSA) is 59.1 Å². The van der Waals surface area contributed by atoms with Crippen LogP contribution in [0.3, 0.4) is 0 Å². The van der Waals surface area contributed by atoms with Gasteiger partial charge in [-0.25, -0.2) is 4.68 Å². The molecule has 0 bridgehead atoms. The van der Waals surface area contributed by atoms with Gasteiger partial charge in [-0.1, -0.05) is 6.92 Å². The van der Waals surface area contributed by atoms with Crippen molar-refractivity contribution in [3.63, 3.8) is 0 Å². The van der Waals surface area contributed by atoms with Crippen LogP contribution in [-0.2, 0) is 6.54 Å². The molecular weight excluding hydrogens is 238 g/mol. The Morgan fingerprint density at radius 1 is 1.37 bits per heavy atom. The number of nitrogens with zero attached hydrogens (tertiary/aromatic N) is 3. The van der Waals surface area contributed by atoms with E-state index in [0.29, 0.717) is 0 Å². The molecular formula is C14H27N5. The molecule has 5 nitrogen and oxygen atoms in total. The van der Waals surface area contributed by atoms with Gasteiger partial charge in [0.15, 0.2) is 0 Å². The largest absolute Gasteiger partial charge is 0.394 e. The number of hydrogen-bond donors (Lipinski definition) is 2. The third-order valence-corrected chi connectivity index (χ3v) is 4.01. The van der Waals surface area contributed by atoms with Gasteiger partial charge in [0.1, 0.15) is 5.82 Å². The maximum atomic E-state index is 6.12. The van der Waals surface area contributed by atoms with Crippen molar-refractivity contribution in [2.45, 2.75) is 39.7 Å². The average molecular weight is 265 g/mol. The van der Waals surface area contributed by atoms with Crippen molar-refractivity contribution < 1.29 is 0 Å². The van der Waals surface area contributed by atoms with Gasteiger partial charge in [0.05, 0.1) is 11.4 Å². The summed E-state index contributed by atoms with van der Waals surface area (Å²) >= 11 is 0. The van der Waals surface area contributed by atoms with E-state index < -0.39 is 0 Å². The minimum absolute atomic E-state index is 0.751. The van der Waals surface area contributed by atoms with Gasteiger partial charge in [-0.2, -0.15) is 5.10 Å². The van der Waals surface area contributed by atoms with Crippen LogP contribution >= 0.6 is 0 Å². The molecule has 1 aliphatic rings. The summed E-state index contributed by atoms with van der Waals surface area (Å²) in [7, 11) is 2.20. The van der Waals surface area contributed by atoms with Crippen LogP contribution in [0.15, 0.2) is 0 Å². The number of aryl methyl sites for hydroxylation is 2. The van der Waals surface area contributed by atoms with Crippen LogP contribution in [0.5, 0.6) is 0 Å². The van der Waals surface area contributed by atoms with Crippen LogP contribution in [0, 0.1) is 12.8 Å². The maximum absolute atomic E-state index is 6.12. The summed E-state index contributed by atoms with van der Waals surface area (Å²) in [6.07, 6.45) is 3.61. The number of nitrogens with two attached hydrogens (primary N) is 1. The number of nitrogens with one attached hydrogen (secondary N) is 1. The monoisotopic (exact) mass is 265 g/mol. The molecule has 0 unspecified atom stereocenters. The number of rotatable bonds is 5. The van der Waals surface area contributed by atoms with Crippen LogP contribution in [0.1, 0.15) is 31.9 Å². The first-order chi connectivity index (χ1) is 9.11. The Morgan fingerprint density at radius 3 is 2.68 bits per heavy atom. The summed E-state index contributed by atoms with van der Waals surface area (Å²) < 4.78 is 2.01. The normalized spacial score (nSPS) is 17.8. The van der Waals surface area contributed by atoms with E-state index in [1.54, 1.807) is 0 Å². The number of aromatic nitrogens is 2. The van der Waals surface area contributed by atoms with E-state index in [1.807, 2.05) is 11.6 Å². The third-order valence-electron chi connectivity index (χ3n) is 4.01. The van der Waals surface area contributed by atoms with E-state index in [9.17, 15) is 0 Å². The zero-order valence-electron chi connectivity index (χ0n) is 12.4. The van der Waals surface area contributed by atoms with Gasteiger partial charge in [0.25, 0.3) is 0 Å². The zero-order valence-corrected chi connectivity index (χ0v) is 12.4. The van der Waals surface area contributed by atoms with Crippen molar-refractivity contribution >= 4 is 11.5 Å². The standard InChI is InChI=1S/C14H27N5/c1-4-7-19-14(13(15)11(2)17-19)16-10-12-5-8-18(3)9-6-12/h12,16H,4-10,15H2,1-3H3. The zero-order chi connectivity index (χ0) is 13.8. The minimum atomic E-state index is 0.751. The molecule has 0 spiro atoms. The second-order valence-corrected chi connectivity index (χ2v) is 5.70. The highest BCUT2D eigenvalue weighted by molar-refractivity contribution is 5.64. The molecule has 2 heterocycles. The first-order valence-corrected chi connectivity index (χ1v) is 7.37. The van der Waals surface area contributed by atoms with E-state index >= 15 is 0 Å². The fraction of sp³-hybridized carbons (Fsp3) is 0.786. The Morgan fingerprint density at radius 2 is 2.05 bits per heavy atom. The summed E-state index contributed by atoms with van der Waals surface area (Å²) in [5.74, 6) is 1.76. The predicted octanol–water partition coefficient (Wildman–Crippen LogP) is 1.94. The van der Waals surface area contributed by atoms with Crippen LogP contribution in [0.2, 0.25) is 0 Å². The summed E-state index contributed by atoms with van der Waals surface area (Å²) in [6, 6.07) is 0. The smallest absolute Gasteiger partial charge is 0.148 e. The Labute approximate surface area is 116 Å². The van der Waals surface area contributed by atoms with Crippen molar-refractivity contribution in [2.24, 2.45) is 5.92 Å². The fourth-order valence-corrected chi connectivity index (χ4v) is 2.66. The molecule has 0 aromatic carbocycles. The van der Waals surface area contributed by atoms with E-state index in [2.05, 4.69) is 29.3 Å². The quantitative estimate of drug-likeness (QED) is 0.854. The molecule has 0 saturated carbocycles. The van der Waals surface area contributed by atoms with Gasteiger partial charge in [-0.15, -0.1) is 0 Å². The molecule has 0 atom stereocenters. The van der Waals surface area contributed by atoms with Crippen molar-refractivity contribution in [2.75, 3.05) is 37.7 Å². The first-order valence-electron chi connectivity index (χ1n) is 7.37. The Hall–Kier alpha value is -1.23. The van der Waals surface area contributed by atoms with Crippen LogP contribution < -0.4 is 11.1 Å². The Bertz CT molecular complexity index is 404.